The van der Waals surface area contributed by atoms with E-state index in [1.54, 1.807) is 0 Å². The van der Waals surface area contributed by atoms with Crippen LogP contribution < -0.4 is 0 Å². The second kappa shape index (κ2) is 4.61. The number of hydrogen-bond acceptors (Lipinski definition) is 3. The fourth-order valence-electron chi connectivity index (χ4n) is 1.45. The maximum Gasteiger partial charge on any atom is 0.308 e. The van der Waals surface area contributed by atoms with Crippen LogP contribution in [0.15, 0.2) is 0 Å². The Balaban J connectivity index is 1.98. The predicted molar refractivity (Wildman–Crippen MR) is 51.4 cm³/mol. The van der Waals surface area contributed by atoms with Gasteiger partial charge in [0.2, 0.25) is 0 Å². The molecule has 0 N–H and O–H groups in total. The molecule has 0 unspecified atom stereocenters. The summed E-state index contributed by atoms with van der Waals surface area (Å²) in [6.07, 6.45) is 0. The number of carbonyl (C=O) groups excluding carboxylic acids is 1. The lowest BCUT2D eigenvalue weighted by Gasteiger charge is -2.36. The highest BCUT2D eigenvalue weighted by atomic mass is 16.5. The largest absolute Gasteiger partial charge is 0.464 e. The molecule has 1 rings (SSSR count). The topological polar surface area (TPSA) is 29.5 Å². The first-order valence-corrected chi connectivity index (χ1v) is 4.98. The zero-order valence-electron chi connectivity index (χ0n) is 8.75. The molecule has 0 atom stereocenters. The number of hydrogen-bond donors (Lipinski definition) is 0. The van der Waals surface area contributed by atoms with Gasteiger partial charge in [0, 0.05) is 19.6 Å². The summed E-state index contributed by atoms with van der Waals surface area (Å²) in [6, 6.07) is 0. The van der Waals surface area contributed by atoms with Crippen molar-refractivity contribution in [3.63, 3.8) is 0 Å². The van der Waals surface area contributed by atoms with E-state index in [1.807, 2.05) is 13.8 Å². The quantitative estimate of drug-likeness (QED) is 0.615. The summed E-state index contributed by atoms with van der Waals surface area (Å²) in [5.41, 5.74) is 0. The molecule has 76 valence electrons. The van der Waals surface area contributed by atoms with Crippen LogP contribution in [0, 0.1) is 11.8 Å². The molecule has 0 aromatic rings. The highest BCUT2D eigenvalue weighted by Gasteiger charge is 2.21. The van der Waals surface area contributed by atoms with Crippen molar-refractivity contribution in [2.24, 2.45) is 11.8 Å². The summed E-state index contributed by atoms with van der Waals surface area (Å²) in [5.74, 6) is 0.727. The van der Waals surface area contributed by atoms with Crippen molar-refractivity contribution >= 4 is 5.97 Å². The van der Waals surface area contributed by atoms with E-state index in [9.17, 15) is 4.79 Å². The van der Waals surface area contributed by atoms with Crippen LogP contribution in [0.2, 0.25) is 0 Å². The van der Waals surface area contributed by atoms with Gasteiger partial charge in [-0.15, -0.1) is 0 Å². The molecule has 13 heavy (non-hydrogen) atoms. The number of likely N-dealkylation sites (tertiary alicyclic amines) is 1. The molecule has 1 heterocycles. The van der Waals surface area contributed by atoms with E-state index in [0.29, 0.717) is 6.61 Å². The number of carbonyl (C=O) groups is 1. The Labute approximate surface area is 80.1 Å². The number of rotatable bonds is 4. The summed E-state index contributed by atoms with van der Waals surface area (Å²) in [7, 11) is 0. The van der Waals surface area contributed by atoms with Gasteiger partial charge in [-0.05, 0) is 5.92 Å². The molecule has 1 aliphatic heterocycles. The normalized spacial score (nSPS) is 18.8. The Kier molecular flexibility index (Phi) is 3.72. The van der Waals surface area contributed by atoms with Gasteiger partial charge in [0.05, 0.1) is 5.92 Å². The van der Waals surface area contributed by atoms with Gasteiger partial charge in [0.1, 0.15) is 6.61 Å². The fourth-order valence-corrected chi connectivity index (χ4v) is 1.45. The fraction of sp³-hybridized carbons (Fsp3) is 0.900. The summed E-state index contributed by atoms with van der Waals surface area (Å²) >= 11 is 0. The van der Waals surface area contributed by atoms with E-state index in [-0.39, 0.29) is 11.9 Å². The highest BCUT2D eigenvalue weighted by molar-refractivity contribution is 5.71. The van der Waals surface area contributed by atoms with Gasteiger partial charge in [-0.3, -0.25) is 9.69 Å². The molecule has 1 fully saturated rings. The molecule has 3 nitrogen and oxygen atoms in total. The van der Waals surface area contributed by atoms with Gasteiger partial charge in [0.25, 0.3) is 0 Å². The van der Waals surface area contributed by atoms with Gasteiger partial charge >= 0.3 is 5.97 Å². The number of ether oxygens (including phenoxy) is 1. The Morgan fingerprint density at radius 1 is 1.54 bits per heavy atom. The third-order valence-electron chi connectivity index (χ3n) is 2.26. The molecular formula is C10H19NO2. The van der Waals surface area contributed by atoms with Crippen molar-refractivity contribution in [2.75, 3.05) is 26.2 Å². The van der Waals surface area contributed by atoms with Crippen molar-refractivity contribution in [2.45, 2.75) is 20.8 Å². The maximum absolute atomic E-state index is 11.1. The van der Waals surface area contributed by atoms with Crippen LogP contribution in [0.3, 0.4) is 0 Å². The van der Waals surface area contributed by atoms with E-state index >= 15 is 0 Å². The van der Waals surface area contributed by atoms with Crippen LogP contribution >= 0.6 is 0 Å². The Bertz CT molecular complexity index is 174. The molecule has 0 saturated carbocycles. The van der Waals surface area contributed by atoms with E-state index in [4.69, 9.17) is 4.74 Å². The number of nitrogens with zero attached hydrogens (tertiary/aromatic N) is 1. The van der Waals surface area contributed by atoms with Crippen molar-refractivity contribution in [1.82, 2.24) is 4.90 Å². The zero-order chi connectivity index (χ0) is 9.84. The standard InChI is InChI=1S/C10H19NO2/c1-8(2)10(12)13-5-4-11-6-9(3)7-11/h8-9H,4-7H2,1-3H3. The lowest BCUT2D eigenvalue weighted by Crippen LogP contribution is -2.46. The lowest BCUT2D eigenvalue weighted by atomic mass is 10.0. The van der Waals surface area contributed by atoms with Crippen molar-refractivity contribution in [3.8, 4) is 0 Å². The Morgan fingerprint density at radius 3 is 2.62 bits per heavy atom. The first-order chi connectivity index (χ1) is 6.09. The minimum atomic E-state index is -0.0893. The van der Waals surface area contributed by atoms with Crippen molar-refractivity contribution < 1.29 is 9.53 Å². The van der Waals surface area contributed by atoms with Crippen LogP contribution in [-0.2, 0) is 9.53 Å². The van der Waals surface area contributed by atoms with Crippen molar-refractivity contribution in [1.29, 1.82) is 0 Å². The number of esters is 1. The molecular weight excluding hydrogens is 166 g/mol. The first-order valence-electron chi connectivity index (χ1n) is 4.98. The van der Waals surface area contributed by atoms with Gasteiger partial charge in [-0.25, -0.2) is 0 Å². The predicted octanol–water partition coefficient (Wildman–Crippen LogP) is 1.14. The van der Waals surface area contributed by atoms with Crippen LogP contribution in [0.4, 0.5) is 0 Å². The molecule has 0 aliphatic carbocycles. The molecule has 0 aromatic carbocycles. The van der Waals surface area contributed by atoms with Crippen LogP contribution in [-0.4, -0.2) is 37.1 Å². The average Bonchev–Trinajstić information content (AvgIpc) is 2.00. The van der Waals surface area contributed by atoms with Crippen LogP contribution in [0.5, 0.6) is 0 Å². The smallest absolute Gasteiger partial charge is 0.308 e. The molecule has 0 amide bonds. The van der Waals surface area contributed by atoms with Gasteiger partial charge in [-0.2, -0.15) is 0 Å². The highest BCUT2D eigenvalue weighted by Crippen LogP contribution is 2.12. The first kappa shape index (κ1) is 10.5. The van der Waals surface area contributed by atoms with E-state index in [1.165, 1.54) is 0 Å². The lowest BCUT2D eigenvalue weighted by molar-refractivity contribution is -0.148. The van der Waals surface area contributed by atoms with E-state index in [2.05, 4.69) is 11.8 Å². The summed E-state index contributed by atoms with van der Waals surface area (Å²) in [4.78, 5) is 13.4. The third kappa shape index (κ3) is 3.35. The van der Waals surface area contributed by atoms with Crippen LogP contribution in [0.25, 0.3) is 0 Å². The summed E-state index contributed by atoms with van der Waals surface area (Å²) in [6.45, 7) is 9.68. The molecule has 0 aromatic heterocycles. The Hall–Kier alpha value is -0.570. The monoisotopic (exact) mass is 185 g/mol. The molecule has 1 saturated heterocycles. The molecule has 1 aliphatic rings. The molecule has 0 bridgehead atoms. The molecule has 3 heteroatoms. The summed E-state index contributed by atoms with van der Waals surface area (Å²) in [5, 5.41) is 0. The molecule has 0 spiro atoms. The van der Waals surface area contributed by atoms with E-state index in [0.717, 1.165) is 25.6 Å². The summed E-state index contributed by atoms with van der Waals surface area (Å²) < 4.78 is 5.06. The van der Waals surface area contributed by atoms with Gasteiger partial charge in [0.15, 0.2) is 0 Å². The van der Waals surface area contributed by atoms with Crippen molar-refractivity contribution in [3.05, 3.63) is 0 Å². The van der Waals surface area contributed by atoms with E-state index < -0.39 is 0 Å². The SMILES string of the molecule is CC1CN(CCOC(=O)C(C)C)C1. The maximum atomic E-state index is 11.1. The zero-order valence-corrected chi connectivity index (χ0v) is 8.75. The third-order valence-corrected chi connectivity index (χ3v) is 2.26. The van der Waals surface area contributed by atoms with Gasteiger partial charge < -0.3 is 4.74 Å². The van der Waals surface area contributed by atoms with Gasteiger partial charge in [-0.1, -0.05) is 20.8 Å². The second-order valence-corrected chi connectivity index (χ2v) is 4.19. The second-order valence-electron chi connectivity index (χ2n) is 4.19. The Morgan fingerprint density at radius 2 is 2.15 bits per heavy atom. The van der Waals surface area contributed by atoms with Crippen LogP contribution in [0.1, 0.15) is 20.8 Å². The minimum absolute atomic E-state index is 0.00434. The minimum Gasteiger partial charge on any atom is -0.464 e. The molecule has 0 radical (unpaired) electrons. The average molecular weight is 185 g/mol.